The lowest BCUT2D eigenvalue weighted by atomic mass is 9.90. The van der Waals surface area contributed by atoms with E-state index in [1.807, 2.05) is 26.0 Å². The monoisotopic (exact) mass is 360 g/mol. The molecule has 1 fully saturated rings. The van der Waals surface area contributed by atoms with Crippen molar-refractivity contribution in [2.24, 2.45) is 11.8 Å². The lowest BCUT2D eigenvalue weighted by Gasteiger charge is -2.38. The summed E-state index contributed by atoms with van der Waals surface area (Å²) < 4.78 is 7.52. The number of aromatic nitrogens is 3. The van der Waals surface area contributed by atoms with Gasteiger partial charge in [0.2, 0.25) is 10.8 Å². The Bertz CT molecular complexity index is 886. The van der Waals surface area contributed by atoms with Crippen molar-refractivity contribution >= 4 is 16.3 Å². The molecule has 1 saturated heterocycles. The highest BCUT2D eigenvalue weighted by atomic mass is 32.1. The second-order valence-corrected chi connectivity index (χ2v) is 8.40. The van der Waals surface area contributed by atoms with E-state index in [1.165, 1.54) is 22.3 Å². The van der Waals surface area contributed by atoms with Crippen molar-refractivity contribution in [1.82, 2.24) is 19.5 Å². The molecule has 0 amide bonds. The van der Waals surface area contributed by atoms with Crippen LogP contribution in [0.25, 0.3) is 4.96 Å². The van der Waals surface area contributed by atoms with E-state index >= 15 is 0 Å². The number of rotatable bonds is 3. The van der Waals surface area contributed by atoms with Crippen LogP contribution in [0.15, 0.2) is 16.5 Å². The van der Waals surface area contributed by atoms with Crippen LogP contribution in [0.2, 0.25) is 0 Å². The van der Waals surface area contributed by atoms with Crippen LogP contribution in [-0.2, 0) is 0 Å². The second kappa shape index (κ2) is 6.14. The maximum Gasteiger partial charge on any atom is 0.230 e. The zero-order valence-corrected chi connectivity index (χ0v) is 15.9. The molecule has 0 saturated carbocycles. The fourth-order valence-corrected chi connectivity index (χ4v) is 5.17. The van der Waals surface area contributed by atoms with Gasteiger partial charge in [-0.25, -0.2) is 4.98 Å². The fourth-order valence-electron chi connectivity index (χ4n) is 4.02. The topological polar surface area (TPSA) is 66.8 Å². The van der Waals surface area contributed by atoms with Gasteiger partial charge in [-0.2, -0.15) is 4.52 Å². The van der Waals surface area contributed by atoms with E-state index in [1.54, 1.807) is 0 Å². The smallest absolute Gasteiger partial charge is 0.230 e. The molecule has 1 N–H and O–H groups in total. The van der Waals surface area contributed by atoms with Crippen LogP contribution in [0, 0.1) is 25.7 Å². The number of likely N-dealkylation sites (tertiary alicyclic amines) is 1. The molecule has 0 bridgehead atoms. The van der Waals surface area contributed by atoms with Crippen molar-refractivity contribution in [3.8, 4) is 5.88 Å². The Labute approximate surface area is 151 Å². The van der Waals surface area contributed by atoms with Crippen molar-refractivity contribution < 1.29 is 9.52 Å². The lowest BCUT2D eigenvalue weighted by Crippen LogP contribution is -2.41. The van der Waals surface area contributed by atoms with Crippen LogP contribution in [0.3, 0.4) is 0 Å². The van der Waals surface area contributed by atoms with Gasteiger partial charge in [0, 0.05) is 13.1 Å². The third-order valence-electron chi connectivity index (χ3n) is 4.85. The molecule has 7 heteroatoms. The molecule has 6 nitrogen and oxygen atoms in total. The summed E-state index contributed by atoms with van der Waals surface area (Å²) in [6, 6.07) is 3.90. The predicted octanol–water partition coefficient (Wildman–Crippen LogP) is 3.77. The van der Waals surface area contributed by atoms with Gasteiger partial charge >= 0.3 is 0 Å². The van der Waals surface area contributed by atoms with Crippen molar-refractivity contribution in [2.75, 3.05) is 13.1 Å². The quantitative estimate of drug-likeness (QED) is 0.770. The Balaban J connectivity index is 1.81. The summed E-state index contributed by atoms with van der Waals surface area (Å²) in [5, 5.41) is 15.1. The number of aromatic hydroxyl groups is 1. The maximum atomic E-state index is 10.8. The van der Waals surface area contributed by atoms with E-state index < -0.39 is 0 Å². The zero-order valence-electron chi connectivity index (χ0n) is 15.1. The highest BCUT2D eigenvalue weighted by Gasteiger charge is 2.35. The Morgan fingerprint density at radius 2 is 1.96 bits per heavy atom. The Hall–Kier alpha value is -1.86. The first kappa shape index (κ1) is 16.6. The summed E-state index contributed by atoms with van der Waals surface area (Å²) in [5.74, 6) is 3.83. The molecule has 0 aliphatic carbocycles. The van der Waals surface area contributed by atoms with Crippen LogP contribution >= 0.6 is 11.3 Å². The van der Waals surface area contributed by atoms with Crippen LogP contribution < -0.4 is 0 Å². The average Bonchev–Trinajstić information content (AvgIpc) is 3.17. The molecule has 1 aliphatic heterocycles. The number of hydrogen-bond acceptors (Lipinski definition) is 6. The van der Waals surface area contributed by atoms with E-state index in [-0.39, 0.29) is 11.9 Å². The normalized spacial score (nSPS) is 23.4. The second-order valence-electron chi connectivity index (χ2n) is 7.39. The Morgan fingerprint density at radius 1 is 1.24 bits per heavy atom. The third-order valence-corrected chi connectivity index (χ3v) is 5.92. The first-order chi connectivity index (χ1) is 11.9. The minimum atomic E-state index is -0.104. The predicted molar refractivity (Wildman–Crippen MR) is 97.1 cm³/mol. The van der Waals surface area contributed by atoms with Crippen LogP contribution in [-0.4, -0.2) is 37.7 Å². The molecular formula is C18H24N4O2S. The van der Waals surface area contributed by atoms with Crippen molar-refractivity contribution in [3.63, 3.8) is 0 Å². The Morgan fingerprint density at radius 3 is 2.56 bits per heavy atom. The minimum Gasteiger partial charge on any atom is -0.492 e. The SMILES string of the molecule is Cc1nc2sc(C(c3ccc(C)o3)N3CC(C)CC(C)C3)c(O)n2n1. The fraction of sp³-hybridized carbons (Fsp3) is 0.556. The van der Waals surface area contributed by atoms with Crippen molar-refractivity contribution in [1.29, 1.82) is 0 Å². The van der Waals surface area contributed by atoms with Crippen LogP contribution in [0.5, 0.6) is 5.88 Å². The number of aryl methyl sites for hydroxylation is 2. The lowest BCUT2D eigenvalue weighted by molar-refractivity contribution is 0.101. The van der Waals surface area contributed by atoms with Crippen molar-refractivity contribution in [3.05, 3.63) is 34.4 Å². The largest absolute Gasteiger partial charge is 0.492 e. The van der Waals surface area contributed by atoms with Gasteiger partial charge in [0.25, 0.3) is 0 Å². The number of fused-ring (bicyclic) bond motifs is 1. The molecule has 0 radical (unpaired) electrons. The van der Waals surface area contributed by atoms with Crippen molar-refractivity contribution in [2.45, 2.75) is 40.2 Å². The molecule has 4 rings (SSSR count). The van der Waals surface area contributed by atoms with Gasteiger partial charge in [0.05, 0.1) is 4.88 Å². The molecule has 3 aromatic heterocycles. The molecule has 134 valence electrons. The highest BCUT2D eigenvalue weighted by molar-refractivity contribution is 7.17. The molecule has 3 aromatic rings. The molecule has 1 aliphatic rings. The number of thiazole rings is 1. The van der Waals surface area contributed by atoms with E-state index in [0.29, 0.717) is 17.7 Å². The molecule has 3 unspecified atom stereocenters. The summed E-state index contributed by atoms with van der Waals surface area (Å²) in [6.07, 6.45) is 1.24. The van der Waals surface area contributed by atoms with Crippen LogP contribution in [0.4, 0.5) is 0 Å². The number of piperidine rings is 1. The Kier molecular flexibility index (Phi) is 4.08. The maximum absolute atomic E-state index is 10.8. The molecule has 25 heavy (non-hydrogen) atoms. The summed E-state index contributed by atoms with van der Waals surface area (Å²) in [7, 11) is 0. The van der Waals surface area contributed by atoms with Gasteiger partial charge in [0.15, 0.2) is 0 Å². The molecule has 0 spiro atoms. The van der Waals surface area contributed by atoms with E-state index in [0.717, 1.165) is 34.4 Å². The first-order valence-corrected chi connectivity index (χ1v) is 9.59. The summed E-state index contributed by atoms with van der Waals surface area (Å²) in [5.41, 5.74) is 0. The van der Waals surface area contributed by atoms with Gasteiger partial charge in [-0.1, -0.05) is 25.2 Å². The highest BCUT2D eigenvalue weighted by Crippen LogP contribution is 2.42. The van der Waals surface area contributed by atoms with E-state index in [9.17, 15) is 5.11 Å². The first-order valence-electron chi connectivity index (χ1n) is 8.77. The summed E-state index contributed by atoms with van der Waals surface area (Å²) in [4.78, 5) is 8.41. The summed E-state index contributed by atoms with van der Waals surface area (Å²) in [6.45, 7) is 10.3. The average molecular weight is 360 g/mol. The molecular weight excluding hydrogens is 336 g/mol. The van der Waals surface area contributed by atoms with Gasteiger partial charge in [0.1, 0.15) is 23.4 Å². The number of nitrogens with zero attached hydrogens (tertiary/aromatic N) is 4. The van der Waals surface area contributed by atoms with Gasteiger partial charge in [-0.15, -0.1) is 5.10 Å². The van der Waals surface area contributed by atoms with E-state index in [4.69, 9.17) is 4.42 Å². The third kappa shape index (κ3) is 2.95. The van der Waals surface area contributed by atoms with Gasteiger partial charge in [-0.05, 0) is 44.2 Å². The summed E-state index contributed by atoms with van der Waals surface area (Å²) >= 11 is 1.49. The van der Waals surface area contributed by atoms with E-state index in [2.05, 4.69) is 28.8 Å². The number of hydrogen-bond donors (Lipinski definition) is 1. The standard InChI is InChI=1S/C18H24N4O2S/c1-10-7-11(2)9-21(8-10)15(14-6-5-12(3)24-14)16-17(23)22-18(25-16)19-13(4)20-22/h5-6,10-11,15,23H,7-9H2,1-4H3. The van der Waals surface area contributed by atoms with Gasteiger partial charge < -0.3 is 9.52 Å². The molecule has 4 heterocycles. The van der Waals surface area contributed by atoms with Gasteiger partial charge in [-0.3, -0.25) is 4.90 Å². The minimum absolute atomic E-state index is 0.104. The van der Waals surface area contributed by atoms with Crippen LogP contribution in [0.1, 0.15) is 48.5 Å². The molecule has 0 aromatic carbocycles. The number of furan rings is 1. The molecule has 3 atom stereocenters. The zero-order chi connectivity index (χ0) is 17.7.